The molecular formula is C4H4Cl2S. The van der Waals surface area contributed by atoms with E-state index in [1.807, 2.05) is 0 Å². The topological polar surface area (TPSA) is 0 Å². The van der Waals surface area contributed by atoms with Crippen molar-refractivity contribution in [2.24, 2.45) is 0 Å². The zero-order valence-electron chi connectivity index (χ0n) is 3.53. The first kappa shape index (κ1) is 7.41. The predicted molar refractivity (Wildman–Crippen MR) is 38.1 cm³/mol. The van der Waals surface area contributed by atoms with Gasteiger partial charge in [-0.05, 0) is 5.37 Å². The minimum atomic E-state index is 0.580. The summed E-state index contributed by atoms with van der Waals surface area (Å²) in [5, 5.41) is 2.11. The van der Waals surface area contributed by atoms with E-state index < -0.39 is 0 Å². The summed E-state index contributed by atoms with van der Waals surface area (Å²) in [5.74, 6) is 0. The molecular weight excluding hydrogens is 151 g/mol. The molecule has 0 bridgehead atoms. The molecule has 0 nitrogen and oxygen atoms in total. The molecule has 0 saturated carbocycles. The van der Waals surface area contributed by atoms with Crippen LogP contribution < -0.4 is 0 Å². The lowest BCUT2D eigenvalue weighted by molar-refractivity contribution is 1.53. The number of hydrogen-bond donors (Lipinski definition) is 0. The normalized spacial score (nSPS) is 11.4. The molecule has 0 atom stereocenters. The second-order valence-corrected chi connectivity index (χ2v) is 1.96. The van der Waals surface area contributed by atoms with Crippen molar-refractivity contribution in [3.05, 3.63) is 10.6 Å². The Morgan fingerprint density at radius 3 is 2.43 bits per heavy atom. The monoisotopic (exact) mass is 154 g/mol. The Labute approximate surface area is 58.1 Å². The van der Waals surface area contributed by atoms with Crippen LogP contribution in [0.5, 0.6) is 0 Å². The van der Waals surface area contributed by atoms with Crippen molar-refractivity contribution in [2.45, 2.75) is 6.42 Å². The van der Waals surface area contributed by atoms with Crippen LogP contribution in [0.25, 0.3) is 0 Å². The number of halogens is 2. The van der Waals surface area contributed by atoms with Crippen LogP contribution >= 0.6 is 35.4 Å². The number of hydrogen-bond acceptors (Lipinski definition) is 1. The fourth-order valence-electron chi connectivity index (χ4n) is 0.124. The van der Waals surface area contributed by atoms with Crippen molar-refractivity contribution in [1.82, 2.24) is 0 Å². The Kier molecular flexibility index (Phi) is 4.83. The molecule has 0 heterocycles. The molecule has 7 heavy (non-hydrogen) atoms. The molecule has 0 amide bonds. The fraction of sp³-hybridized carbons (Fsp3) is 0.250. The third kappa shape index (κ3) is 4.26. The van der Waals surface area contributed by atoms with Gasteiger partial charge in [-0.25, -0.2) is 0 Å². The van der Waals surface area contributed by atoms with Crippen LogP contribution in [0.4, 0.5) is 0 Å². The standard InChI is InChI=1S/C4H4Cl2S/c5-3-4(6)1-2-7/h2-3H,1H2. The van der Waals surface area contributed by atoms with Crippen molar-refractivity contribution >= 4 is 40.8 Å². The van der Waals surface area contributed by atoms with E-state index in [0.29, 0.717) is 11.5 Å². The first-order valence-electron chi connectivity index (χ1n) is 1.69. The van der Waals surface area contributed by atoms with Gasteiger partial charge in [-0.15, -0.1) is 0 Å². The van der Waals surface area contributed by atoms with Crippen molar-refractivity contribution in [1.29, 1.82) is 0 Å². The van der Waals surface area contributed by atoms with Gasteiger partial charge in [0, 0.05) is 17.0 Å². The summed E-state index contributed by atoms with van der Waals surface area (Å²) >= 11 is 15.1. The van der Waals surface area contributed by atoms with Crippen molar-refractivity contribution in [3.8, 4) is 0 Å². The van der Waals surface area contributed by atoms with E-state index in [9.17, 15) is 0 Å². The molecule has 0 rings (SSSR count). The molecule has 0 fully saturated rings. The Balaban J connectivity index is 3.36. The third-order valence-corrected chi connectivity index (χ3v) is 1.20. The van der Waals surface area contributed by atoms with Crippen LogP contribution in [0, 0.1) is 0 Å². The van der Waals surface area contributed by atoms with Crippen LogP contribution in [0.1, 0.15) is 6.42 Å². The van der Waals surface area contributed by atoms with Gasteiger partial charge in [0.25, 0.3) is 0 Å². The first-order chi connectivity index (χ1) is 3.31. The molecule has 0 aromatic carbocycles. The first-order valence-corrected chi connectivity index (χ1v) is 2.98. The average Bonchev–Trinajstić information content (AvgIpc) is 1.68. The van der Waals surface area contributed by atoms with Gasteiger partial charge in [-0.3, -0.25) is 0 Å². The molecule has 0 radical (unpaired) electrons. The summed E-state index contributed by atoms with van der Waals surface area (Å²) in [6.45, 7) is 0. The molecule has 0 spiro atoms. The zero-order chi connectivity index (χ0) is 5.70. The fourth-order valence-corrected chi connectivity index (χ4v) is 0.561. The van der Waals surface area contributed by atoms with E-state index >= 15 is 0 Å². The van der Waals surface area contributed by atoms with Crippen LogP contribution in [-0.4, -0.2) is 5.37 Å². The maximum Gasteiger partial charge on any atom is 0.0339 e. The SMILES string of the molecule is S=CCC(Cl)=CCl. The largest absolute Gasteiger partial charge is 0.0931 e. The molecule has 0 aliphatic carbocycles. The van der Waals surface area contributed by atoms with E-state index in [1.165, 1.54) is 10.9 Å². The molecule has 3 heteroatoms. The van der Waals surface area contributed by atoms with E-state index in [4.69, 9.17) is 23.2 Å². The lowest BCUT2D eigenvalue weighted by Gasteiger charge is -1.81. The average molecular weight is 155 g/mol. The highest BCUT2D eigenvalue weighted by Gasteiger charge is 1.82. The minimum Gasteiger partial charge on any atom is -0.0931 e. The van der Waals surface area contributed by atoms with E-state index in [0.717, 1.165) is 0 Å². The quantitative estimate of drug-likeness (QED) is 0.552. The third-order valence-electron chi connectivity index (χ3n) is 0.397. The molecule has 0 N–H and O–H groups in total. The molecule has 0 unspecified atom stereocenters. The van der Waals surface area contributed by atoms with Gasteiger partial charge in [0.2, 0.25) is 0 Å². The second kappa shape index (κ2) is 4.57. The van der Waals surface area contributed by atoms with Crippen molar-refractivity contribution < 1.29 is 0 Å². The smallest absolute Gasteiger partial charge is 0.0339 e. The Bertz CT molecular complexity index is 87.7. The summed E-state index contributed by atoms with van der Waals surface area (Å²) in [6, 6.07) is 0. The number of rotatable bonds is 2. The summed E-state index contributed by atoms with van der Waals surface area (Å²) in [5.41, 5.74) is 1.31. The summed E-state index contributed by atoms with van der Waals surface area (Å²) in [7, 11) is 0. The number of thiocarbonyl (C=S) groups is 1. The molecule has 40 valence electrons. The molecule has 0 aliphatic heterocycles. The lowest BCUT2D eigenvalue weighted by Crippen LogP contribution is -1.67. The maximum atomic E-state index is 5.40. The molecule has 0 aliphatic rings. The highest BCUT2D eigenvalue weighted by atomic mass is 35.5. The van der Waals surface area contributed by atoms with Gasteiger partial charge in [-0.1, -0.05) is 35.4 Å². The second-order valence-electron chi connectivity index (χ2n) is 0.927. The predicted octanol–water partition coefficient (Wildman–Crippen LogP) is 2.70. The number of allylic oxidation sites excluding steroid dienone is 1. The minimum absolute atomic E-state index is 0.580. The Morgan fingerprint density at radius 1 is 1.71 bits per heavy atom. The van der Waals surface area contributed by atoms with Gasteiger partial charge < -0.3 is 0 Å². The summed E-state index contributed by atoms with van der Waals surface area (Å²) in [6.07, 6.45) is 0.584. The van der Waals surface area contributed by atoms with Gasteiger partial charge in [-0.2, -0.15) is 0 Å². The van der Waals surface area contributed by atoms with Gasteiger partial charge >= 0.3 is 0 Å². The van der Waals surface area contributed by atoms with E-state index in [-0.39, 0.29) is 0 Å². The van der Waals surface area contributed by atoms with Crippen LogP contribution in [-0.2, 0) is 0 Å². The van der Waals surface area contributed by atoms with E-state index in [2.05, 4.69) is 12.2 Å². The Morgan fingerprint density at radius 2 is 2.29 bits per heavy atom. The molecule has 0 aromatic heterocycles. The highest BCUT2D eigenvalue weighted by molar-refractivity contribution is 7.79. The molecule has 0 aromatic rings. The summed E-state index contributed by atoms with van der Waals surface area (Å²) < 4.78 is 0. The molecule has 0 saturated heterocycles. The van der Waals surface area contributed by atoms with Gasteiger partial charge in [0.1, 0.15) is 0 Å². The van der Waals surface area contributed by atoms with Crippen LogP contribution in [0.2, 0.25) is 0 Å². The van der Waals surface area contributed by atoms with Gasteiger partial charge in [0.05, 0.1) is 0 Å². The maximum absolute atomic E-state index is 5.40. The van der Waals surface area contributed by atoms with Crippen LogP contribution in [0.15, 0.2) is 10.6 Å². The summed E-state index contributed by atoms with van der Waals surface area (Å²) in [4.78, 5) is 0. The lowest BCUT2D eigenvalue weighted by atomic mass is 10.5. The highest BCUT2D eigenvalue weighted by Crippen LogP contribution is 2.05. The zero-order valence-corrected chi connectivity index (χ0v) is 5.85. The van der Waals surface area contributed by atoms with Gasteiger partial charge in [0.15, 0.2) is 0 Å². The van der Waals surface area contributed by atoms with E-state index in [1.54, 1.807) is 0 Å². The van der Waals surface area contributed by atoms with Crippen molar-refractivity contribution in [3.63, 3.8) is 0 Å². The van der Waals surface area contributed by atoms with Crippen molar-refractivity contribution in [2.75, 3.05) is 0 Å². The Hall–Kier alpha value is 0.410. The van der Waals surface area contributed by atoms with Crippen LogP contribution in [0.3, 0.4) is 0 Å².